The summed E-state index contributed by atoms with van der Waals surface area (Å²) in [6.45, 7) is 5.22. The number of aldehydes is 1. The first-order valence-electron chi connectivity index (χ1n) is 7.52. The van der Waals surface area contributed by atoms with Crippen LogP contribution in [-0.4, -0.2) is 18.1 Å². The summed E-state index contributed by atoms with van der Waals surface area (Å²) in [6.07, 6.45) is 5.97. The molecule has 0 aromatic heterocycles. The summed E-state index contributed by atoms with van der Waals surface area (Å²) in [5.41, 5.74) is 1.91. The zero-order valence-electron chi connectivity index (χ0n) is 13.7. The summed E-state index contributed by atoms with van der Waals surface area (Å²) < 4.78 is 0. The lowest BCUT2D eigenvalue weighted by atomic mass is 10.1. The Morgan fingerprint density at radius 1 is 1.17 bits per heavy atom. The van der Waals surface area contributed by atoms with Gasteiger partial charge in [0.15, 0.2) is 0 Å². The van der Waals surface area contributed by atoms with Crippen molar-refractivity contribution in [2.75, 3.05) is 0 Å². The van der Waals surface area contributed by atoms with Crippen LogP contribution in [0.1, 0.15) is 54.3 Å². The van der Waals surface area contributed by atoms with Crippen molar-refractivity contribution in [1.82, 2.24) is 10.6 Å². The fourth-order valence-corrected chi connectivity index (χ4v) is 1.95. The van der Waals surface area contributed by atoms with Crippen LogP contribution in [0.5, 0.6) is 0 Å². The molecule has 0 fully saturated rings. The van der Waals surface area contributed by atoms with Crippen LogP contribution in [0.15, 0.2) is 47.8 Å². The molecule has 0 spiro atoms. The van der Waals surface area contributed by atoms with Crippen LogP contribution >= 0.6 is 0 Å². The van der Waals surface area contributed by atoms with Crippen molar-refractivity contribution in [3.05, 3.63) is 58.9 Å². The molecule has 0 saturated carbocycles. The molecule has 0 unspecified atom stereocenters. The Morgan fingerprint density at radius 2 is 1.91 bits per heavy atom. The maximum Gasteiger partial charge on any atom is 0.255 e. The molecule has 5 heteroatoms. The van der Waals surface area contributed by atoms with Crippen molar-refractivity contribution < 1.29 is 14.4 Å². The van der Waals surface area contributed by atoms with E-state index in [4.69, 9.17) is 0 Å². The summed E-state index contributed by atoms with van der Waals surface area (Å²) in [4.78, 5) is 34.5. The van der Waals surface area contributed by atoms with E-state index in [0.29, 0.717) is 28.8 Å². The quantitative estimate of drug-likeness (QED) is 0.600. The van der Waals surface area contributed by atoms with Gasteiger partial charge in [0.2, 0.25) is 5.91 Å². The molecule has 23 heavy (non-hydrogen) atoms. The Balaban J connectivity index is 3.02. The molecule has 0 saturated heterocycles. The third kappa shape index (κ3) is 5.90. The molecule has 0 aliphatic rings. The first-order valence-corrected chi connectivity index (χ1v) is 7.52. The van der Waals surface area contributed by atoms with Gasteiger partial charge in [0, 0.05) is 18.1 Å². The van der Waals surface area contributed by atoms with Gasteiger partial charge in [-0.2, -0.15) is 0 Å². The fraction of sp³-hybridized carbons (Fsp3) is 0.278. The molecule has 2 N–H and O–H groups in total. The molecule has 0 atom stereocenters. The number of nitrogens with one attached hydrogen (secondary N) is 2. The molecule has 0 aliphatic carbocycles. The number of unbranched alkanes of at least 4 members (excludes halogenated alkanes) is 1. The zero-order chi connectivity index (χ0) is 17.2. The second-order valence-electron chi connectivity index (χ2n) is 4.99. The second kappa shape index (κ2) is 9.35. The van der Waals surface area contributed by atoms with E-state index in [0.717, 1.165) is 12.8 Å². The summed E-state index contributed by atoms with van der Waals surface area (Å²) in [5, 5.41) is 5.50. The fourth-order valence-electron chi connectivity index (χ4n) is 1.95. The molecule has 1 aromatic carbocycles. The number of amides is 2. The number of benzene rings is 1. The highest BCUT2D eigenvalue weighted by Gasteiger charge is 2.12. The lowest BCUT2D eigenvalue weighted by molar-refractivity contribution is -0.118. The number of carbonyl (C=O) groups is 3. The van der Waals surface area contributed by atoms with Crippen molar-refractivity contribution in [3.63, 3.8) is 0 Å². The molecule has 0 aliphatic heterocycles. The molecular weight excluding hydrogens is 292 g/mol. The number of rotatable bonds is 7. The van der Waals surface area contributed by atoms with E-state index in [2.05, 4.69) is 10.6 Å². The third-order valence-corrected chi connectivity index (χ3v) is 3.06. The van der Waals surface area contributed by atoms with E-state index < -0.39 is 0 Å². The van der Waals surface area contributed by atoms with Crippen LogP contribution < -0.4 is 10.6 Å². The summed E-state index contributed by atoms with van der Waals surface area (Å²) in [5.74, 6) is -0.543. The summed E-state index contributed by atoms with van der Waals surface area (Å²) in [7, 11) is 0. The van der Waals surface area contributed by atoms with Crippen LogP contribution in [0.2, 0.25) is 0 Å². The van der Waals surface area contributed by atoms with E-state index in [1.807, 2.05) is 13.0 Å². The van der Waals surface area contributed by atoms with Crippen molar-refractivity contribution in [2.24, 2.45) is 0 Å². The van der Waals surface area contributed by atoms with Crippen molar-refractivity contribution in [2.45, 2.75) is 33.6 Å². The average molecular weight is 314 g/mol. The topological polar surface area (TPSA) is 75.3 Å². The van der Waals surface area contributed by atoms with Crippen LogP contribution in [0.3, 0.4) is 0 Å². The van der Waals surface area contributed by atoms with Crippen molar-refractivity contribution in [3.8, 4) is 0 Å². The molecule has 0 heterocycles. The van der Waals surface area contributed by atoms with E-state index >= 15 is 0 Å². The Kier molecular flexibility index (Phi) is 7.47. The van der Waals surface area contributed by atoms with Crippen LogP contribution in [0, 0.1) is 0 Å². The Morgan fingerprint density at radius 3 is 2.48 bits per heavy atom. The number of carbonyl (C=O) groups excluding carboxylic acids is 3. The van der Waals surface area contributed by atoms with Crippen LogP contribution in [0.25, 0.3) is 0 Å². The Bertz CT molecular complexity index is 645. The lowest BCUT2D eigenvalue weighted by Crippen LogP contribution is -2.30. The van der Waals surface area contributed by atoms with Crippen LogP contribution in [-0.2, 0) is 4.79 Å². The number of hydrogen-bond acceptors (Lipinski definition) is 3. The Labute approximate surface area is 136 Å². The monoisotopic (exact) mass is 314 g/mol. The lowest BCUT2D eigenvalue weighted by Gasteiger charge is -2.14. The van der Waals surface area contributed by atoms with Gasteiger partial charge >= 0.3 is 0 Å². The van der Waals surface area contributed by atoms with Crippen molar-refractivity contribution in [1.29, 1.82) is 0 Å². The largest absolute Gasteiger partial charge is 0.325 e. The highest BCUT2D eigenvalue weighted by molar-refractivity contribution is 5.97. The maximum absolute atomic E-state index is 12.4. The van der Waals surface area contributed by atoms with Gasteiger partial charge in [0.1, 0.15) is 6.29 Å². The summed E-state index contributed by atoms with van der Waals surface area (Å²) >= 11 is 0. The molecule has 0 radical (unpaired) electrons. The summed E-state index contributed by atoms with van der Waals surface area (Å²) in [6, 6.07) is 6.44. The predicted molar refractivity (Wildman–Crippen MR) is 89.9 cm³/mol. The minimum Gasteiger partial charge on any atom is -0.325 e. The maximum atomic E-state index is 12.4. The van der Waals surface area contributed by atoms with Gasteiger partial charge in [-0.15, -0.1) is 0 Å². The van der Waals surface area contributed by atoms with Gasteiger partial charge in [0.05, 0.1) is 11.4 Å². The standard InChI is InChI=1S/C18H22N2O3/c1-4-6-10-17(16(5-2)19-13(3)22)20-18(23)15-9-7-8-14(11-15)12-21/h5,7-12H,4,6H2,1-3H3,(H,19,22)(H,20,23)/b16-5+,17-10+. The zero-order valence-corrected chi connectivity index (χ0v) is 13.7. The van der Waals surface area contributed by atoms with Gasteiger partial charge in [-0.25, -0.2) is 0 Å². The van der Waals surface area contributed by atoms with E-state index in [9.17, 15) is 14.4 Å². The highest BCUT2D eigenvalue weighted by Crippen LogP contribution is 2.10. The molecule has 1 rings (SSSR count). The molecule has 122 valence electrons. The number of hydrogen-bond donors (Lipinski definition) is 2. The normalized spacial score (nSPS) is 11.8. The van der Waals surface area contributed by atoms with Gasteiger partial charge in [-0.05, 0) is 25.5 Å². The number of allylic oxidation sites excluding steroid dienone is 2. The van der Waals surface area contributed by atoms with Crippen LogP contribution in [0.4, 0.5) is 0 Å². The van der Waals surface area contributed by atoms with Gasteiger partial charge in [0.25, 0.3) is 5.91 Å². The smallest absolute Gasteiger partial charge is 0.255 e. The SMILES string of the molecule is C/C=C(NC(C)=O)\C(=C/CCC)NC(=O)c1cccc(C=O)c1. The van der Waals surface area contributed by atoms with Gasteiger partial charge in [-0.3, -0.25) is 14.4 Å². The van der Waals surface area contributed by atoms with E-state index in [-0.39, 0.29) is 11.8 Å². The minimum atomic E-state index is -0.333. The minimum absolute atomic E-state index is 0.210. The molecule has 1 aromatic rings. The van der Waals surface area contributed by atoms with Gasteiger partial charge in [-0.1, -0.05) is 37.6 Å². The molecule has 2 amide bonds. The Hall–Kier alpha value is -2.69. The predicted octanol–water partition coefficient (Wildman–Crippen LogP) is 2.95. The average Bonchev–Trinajstić information content (AvgIpc) is 2.56. The molecular formula is C18H22N2O3. The first kappa shape index (κ1) is 18.4. The molecule has 0 bridgehead atoms. The highest BCUT2D eigenvalue weighted by atomic mass is 16.2. The first-order chi connectivity index (χ1) is 11.0. The van der Waals surface area contributed by atoms with E-state index in [1.165, 1.54) is 13.0 Å². The molecule has 5 nitrogen and oxygen atoms in total. The second-order valence-corrected chi connectivity index (χ2v) is 4.99. The third-order valence-electron chi connectivity index (χ3n) is 3.06. The van der Waals surface area contributed by atoms with Crippen molar-refractivity contribution >= 4 is 18.1 Å². The van der Waals surface area contributed by atoms with Gasteiger partial charge < -0.3 is 10.6 Å². The van der Waals surface area contributed by atoms with E-state index in [1.54, 1.807) is 31.2 Å².